The highest BCUT2D eigenvalue weighted by molar-refractivity contribution is 5.84. The summed E-state index contributed by atoms with van der Waals surface area (Å²) in [5, 5.41) is 1.40. The van der Waals surface area contributed by atoms with Crippen molar-refractivity contribution in [3.05, 3.63) is 35.5 Å². The molecule has 1 saturated heterocycles. The van der Waals surface area contributed by atoms with Crippen molar-refractivity contribution in [1.82, 2.24) is 9.88 Å². The fourth-order valence-corrected chi connectivity index (χ4v) is 2.70. The quantitative estimate of drug-likeness (QED) is 0.814. The van der Waals surface area contributed by atoms with E-state index >= 15 is 0 Å². The summed E-state index contributed by atoms with van der Waals surface area (Å²) >= 11 is 0. The van der Waals surface area contributed by atoms with Gasteiger partial charge in [0.1, 0.15) is 0 Å². The molecule has 1 fully saturated rings. The van der Waals surface area contributed by atoms with Gasteiger partial charge in [0.15, 0.2) is 0 Å². The molecule has 0 amide bonds. The fraction of sp³-hybridized carbons (Fsp3) is 0.429. The Labute approximate surface area is 96.3 Å². The first-order valence-corrected chi connectivity index (χ1v) is 6.13. The molecule has 1 aliphatic heterocycles. The van der Waals surface area contributed by atoms with Crippen LogP contribution in [0.5, 0.6) is 0 Å². The molecule has 1 N–H and O–H groups in total. The van der Waals surface area contributed by atoms with E-state index in [9.17, 15) is 0 Å². The SMILES string of the molecule is Cc1[nH]c2ccccc2c1CN1CCCC1. The molecule has 2 heterocycles. The lowest BCUT2D eigenvalue weighted by atomic mass is 10.1. The minimum Gasteiger partial charge on any atom is -0.358 e. The van der Waals surface area contributed by atoms with Gasteiger partial charge in [0, 0.05) is 23.1 Å². The molecular weight excluding hydrogens is 196 g/mol. The predicted octanol–water partition coefficient (Wildman–Crippen LogP) is 3.07. The molecular formula is C14H18N2. The molecule has 2 heteroatoms. The van der Waals surface area contributed by atoms with E-state index in [1.165, 1.54) is 48.1 Å². The molecule has 1 aromatic heterocycles. The van der Waals surface area contributed by atoms with Crippen LogP contribution < -0.4 is 0 Å². The predicted molar refractivity (Wildman–Crippen MR) is 67.5 cm³/mol. The number of nitrogens with zero attached hydrogens (tertiary/aromatic N) is 1. The van der Waals surface area contributed by atoms with E-state index in [2.05, 4.69) is 41.1 Å². The van der Waals surface area contributed by atoms with Gasteiger partial charge in [0.25, 0.3) is 0 Å². The fourth-order valence-electron chi connectivity index (χ4n) is 2.70. The van der Waals surface area contributed by atoms with Crippen LogP contribution in [0.25, 0.3) is 10.9 Å². The highest BCUT2D eigenvalue weighted by atomic mass is 15.1. The van der Waals surface area contributed by atoms with Gasteiger partial charge in [-0.2, -0.15) is 0 Å². The van der Waals surface area contributed by atoms with Crippen LogP contribution in [-0.2, 0) is 6.54 Å². The van der Waals surface area contributed by atoms with Gasteiger partial charge in [0.05, 0.1) is 0 Å². The number of aromatic amines is 1. The van der Waals surface area contributed by atoms with E-state index in [0.717, 1.165) is 6.54 Å². The van der Waals surface area contributed by atoms with Gasteiger partial charge in [-0.1, -0.05) is 18.2 Å². The van der Waals surface area contributed by atoms with Crippen molar-refractivity contribution in [3.8, 4) is 0 Å². The summed E-state index contributed by atoms with van der Waals surface area (Å²) in [6.45, 7) is 5.82. The average molecular weight is 214 g/mol. The lowest BCUT2D eigenvalue weighted by molar-refractivity contribution is 0.332. The standard InChI is InChI=1S/C14H18N2/c1-11-13(10-16-8-4-5-9-16)12-6-2-3-7-14(12)15-11/h2-3,6-7,15H,4-5,8-10H2,1H3. The topological polar surface area (TPSA) is 19.0 Å². The normalized spacial score (nSPS) is 17.3. The number of para-hydroxylation sites is 1. The summed E-state index contributed by atoms with van der Waals surface area (Å²) in [4.78, 5) is 6.03. The molecule has 0 aliphatic carbocycles. The van der Waals surface area contributed by atoms with E-state index < -0.39 is 0 Å². The summed E-state index contributed by atoms with van der Waals surface area (Å²) in [6.07, 6.45) is 2.73. The lowest BCUT2D eigenvalue weighted by Crippen LogP contribution is -2.18. The maximum absolute atomic E-state index is 3.47. The van der Waals surface area contributed by atoms with Crippen LogP contribution in [0, 0.1) is 6.92 Å². The average Bonchev–Trinajstić information content (AvgIpc) is 2.89. The zero-order valence-electron chi connectivity index (χ0n) is 9.79. The van der Waals surface area contributed by atoms with Crippen molar-refractivity contribution in [2.24, 2.45) is 0 Å². The molecule has 0 radical (unpaired) electrons. The van der Waals surface area contributed by atoms with Crippen molar-refractivity contribution in [1.29, 1.82) is 0 Å². The number of likely N-dealkylation sites (tertiary alicyclic amines) is 1. The number of hydrogen-bond acceptors (Lipinski definition) is 1. The number of aromatic nitrogens is 1. The van der Waals surface area contributed by atoms with Crippen LogP contribution >= 0.6 is 0 Å². The minimum absolute atomic E-state index is 1.11. The van der Waals surface area contributed by atoms with Gasteiger partial charge < -0.3 is 4.98 Å². The van der Waals surface area contributed by atoms with Gasteiger partial charge in [-0.15, -0.1) is 0 Å². The minimum atomic E-state index is 1.11. The first-order valence-electron chi connectivity index (χ1n) is 6.13. The second-order valence-electron chi connectivity index (χ2n) is 4.76. The van der Waals surface area contributed by atoms with Crippen LogP contribution in [0.1, 0.15) is 24.1 Å². The van der Waals surface area contributed by atoms with Gasteiger partial charge in [-0.25, -0.2) is 0 Å². The van der Waals surface area contributed by atoms with Crippen molar-refractivity contribution in [2.45, 2.75) is 26.3 Å². The molecule has 0 unspecified atom stereocenters. The molecule has 16 heavy (non-hydrogen) atoms. The van der Waals surface area contributed by atoms with Gasteiger partial charge in [-0.3, -0.25) is 4.90 Å². The van der Waals surface area contributed by atoms with Crippen molar-refractivity contribution >= 4 is 10.9 Å². The number of benzene rings is 1. The Morgan fingerprint density at radius 3 is 2.75 bits per heavy atom. The Morgan fingerprint density at radius 2 is 1.94 bits per heavy atom. The molecule has 0 spiro atoms. The van der Waals surface area contributed by atoms with Crippen LogP contribution in [-0.4, -0.2) is 23.0 Å². The molecule has 2 aromatic rings. The third-order valence-corrected chi connectivity index (χ3v) is 3.61. The molecule has 1 aliphatic rings. The second-order valence-corrected chi connectivity index (χ2v) is 4.76. The Morgan fingerprint density at radius 1 is 1.19 bits per heavy atom. The number of rotatable bonds is 2. The Kier molecular flexibility index (Phi) is 2.44. The molecule has 2 nitrogen and oxygen atoms in total. The highest BCUT2D eigenvalue weighted by Crippen LogP contribution is 2.24. The van der Waals surface area contributed by atoms with Crippen LogP contribution in [0.15, 0.2) is 24.3 Å². The van der Waals surface area contributed by atoms with Crippen LogP contribution in [0.2, 0.25) is 0 Å². The molecule has 1 aromatic carbocycles. The number of nitrogens with one attached hydrogen (secondary N) is 1. The van der Waals surface area contributed by atoms with Crippen molar-refractivity contribution in [3.63, 3.8) is 0 Å². The maximum Gasteiger partial charge on any atom is 0.0459 e. The second kappa shape index (κ2) is 3.95. The van der Waals surface area contributed by atoms with Gasteiger partial charge >= 0.3 is 0 Å². The first kappa shape index (κ1) is 9.91. The van der Waals surface area contributed by atoms with E-state index in [4.69, 9.17) is 0 Å². The van der Waals surface area contributed by atoms with Gasteiger partial charge in [0.2, 0.25) is 0 Å². The van der Waals surface area contributed by atoms with Crippen molar-refractivity contribution in [2.75, 3.05) is 13.1 Å². The van der Waals surface area contributed by atoms with E-state index in [1.54, 1.807) is 0 Å². The number of H-pyrrole nitrogens is 1. The molecule has 0 saturated carbocycles. The summed E-state index contributed by atoms with van der Waals surface area (Å²) in [5.41, 5.74) is 4.08. The monoisotopic (exact) mass is 214 g/mol. The van der Waals surface area contributed by atoms with Crippen LogP contribution in [0.4, 0.5) is 0 Å². The zero-order chi connectivity index (χ0) is 11.0. The van der Waals surface area contributed by atoms with E-state index in [0.29, 0.717) is 0 Å². The van der Waals surface area contributed by atoms with Crippen LogP contribution in [0.3, 0.4) is 0 Å². The lowest BCUT2D eigenvalue weighted by Gasteiger charge is -2.14. The molecule has 3 rings (SSSR count). The number of aryl methyl sites for hydroxylation is 1. The van der Waals surface area contributed by atoms with Gasteiger partial charge in [-0.05, 0) is 44.5 Å². The number of hydrogen-bond donors (Lipinski definition) is 1. The third-order valence-electron chi connectivity index (χ3n) is 3.61. The van der Waals surface area contributed by atoms with E-state index in [1.807, 2.05) is 0 Å². The summed E-state index contributed by atoms with van der Waals surface area (Å²) in [5.74, 6) is 0. The highest BCUT2D eigenvalue weighted by Gasteiger charge is 2.15. The summed E-state index contributed by atoms with van der Waals surface area (Å²) < 4.78 is 0. The Hall–Kier alpha value is -1.28. The Balaban J connectivity index is 1.98. The smallest absolute Gasteiger partial charge is 0.0459 e. The van der Waals surface area contributed by atoms with E-state index in [-0.39, 0.29) is 0 Å². The third kappa shape index (κ3) is 1.63. The molecule has 0 atom stereocenters. The summed E-state index contributed by atoms with van der Waals surface area (Å²) in [6, 6.07) is 8.61. The largest absolute Gasteiger partial charge is 0.358 e. The zero-order valence-corrected chi connectivity index (χ0v) is 9.79. The Bertz CT molecular complexity index is 492. The molecule has 84 valence electrons. The van der Waals surface area contributed by atoms with Crippen molar-refractivity contribution < 1.29 is 0 Å². The number of fused-ring (bicyclic) bond motifs is 1. The maximum atomic E-state index is 3.47. The summed E-state index contributed by atoms with van der Waals surface area (Å²) in [7, 11) is 0. The first-order chi connectivity index (χ1) is 7.84. The molecule has 0 bridgehead atoms.